The Morgan fingerprint density at radius 3 is 2.59 bits per heavy atom. The van der Waals surface area contributed by atoms with Crippen LogP contribution in [0.1, 0.15) is 57.4 Å². The van der Waals surface area contributed by atoms with E-state index in [9.17, 15) is 5.11 Å². The molecule has 0 aromatic heterocycles. The molecule has 0 bridgehead atoms. The summed E-state index contributed by atoms with van der Waals surface area (Å²) in [5.41, 5.74) is 1.12. The van der Waals surface area contributed by atoms with Crippen molar-refractivity contribution in [1.29, 1.82) is 0 Å². The van der Waals surface area contributed by atoms with E-state index in [-0.39, 0.29) is 24.0 Å². The van der Waals surface area contributed by atoms with Gasteiger partial charge in [0.2, 0.25) is 0 Å². The summed E-state index contributed by atoms with van der Waals surface area (Å²) < 4.78 is 0. The van der Waals surface area contributed by atoms with Crippen molar-refractivity contribution in [3.8, 4) is 5.75 Å². The van der Waals surface area contributed by atoms with Gasteiger partial charge in [-0.15, -0.1) is 24.0 Å². The van der Waals surface area contributed by atoms with Crippen LogP contribution in [0.4, 0.5) is 0 Å². The van der Waals surface area contributed by atoms with E-state index in [2.05, 4.69) is 22.5 Å². The van der Waals surface area contributed by atoms with Crippen LogP contribution in [-0.4, -0.2) is 54.7 Å². The number of likely N-dealkylation sites (tertiary alicyclic amines) is 1. The number of phenolic OH excluding ortho intramolecular Hbond substituents is 1. The summed E-state index contributed by atoms with van der Waals surface area (Å²) in [6, 6.07) is 7.97. The van der Waals surface area contributed by atoms with Gasteiger partial charge < -0.3 is 20.6 Å². The Bertz CT molecular complexity index is 611. The summed E-state index contributed by atoms with van der Waals surface area (Å²) in [7, 11) is 0. The molecule has 2 aliphatic rings. The molecule has 29 heavy (non-hydrogen) atoms. The number of guanidine groups is 1. The number of phenols is 1. The molecule has 0 radical (unpaired) electrons. The molecule has 2 fully saturated rings. The van der Waals surface area contributed by atoms with Gasteiger partial charge in [-0.05, 0) is 62.6 Å². The molecule has 1 saturated carbocycles. The Kier molecular flexibility index (Phi) is 11.1. The van der Waals surface area contributed by atoms with E-state index >= 15 is 0 Å². The molecule has 164 valence electrons. The van der Waals surface area contributed by atoms with Crippen LogP contribution in [0, 0.1) is 5.92 Å². The molecule has 0 atom stereocenters. The average molecular weight is 514 g/mol. The molecule has 1 heterocycles. The second kappa shape index (κ2) is 13.3. The lowest BCUT2D eigenvalue weighted by molar-refractivity contribution is 0.160. The summed E-state index contributed by atoms with van der Waals surface area (Å²) in [5, 5.41) is 16.6. The van der Waals surface area contributed by atoms with Crippen molar-refractivity contribution in [3.63, 3.8) is 0 Å². The third kappa shape index (κ3) is 8.70. The van der Waals surface area contributed by atoms with Crippen molar-refractivity contribution in [2.24, 2.45) is 10.9 Å². The van der Waals surface area contributed by atoms with Crippen molar-refractivity contribution in [2.45, 2.75) is 64.3 Å². The molecule has 1 saturated heterocycles. The SMILES string of the molecule is CCNC(=NCCc1cccc(O)c1)NC1CCN(CC2CCCCC2)CC1.I. The van der Waals surface area contributed by atoms with Crippen molar-refractivity contribution in [2.75, 3.05) is 32.7 Å². The predicted octanol–water partition coefficient (Wildman–Crippen LogP) is 4.15. The highest BCUT2D eigenvalue weighted by Gasteiger charge is 2.23. The largest absolute Gasteiger partial charge is 0.508 e. The maximum atomic E-state index is 9.58. The van der Waals surface area contributed by atoms with Crippen LogP contribution in [0.25, 0.3) is 0 Å². The molecular weight excluding hydrogens is 475 g/mol. The fourth-order valence-corrected chi connectivity index (χ4v) is 4.52. The molecular formula is C23H39IN4O. The van der Waals surface area contributed by atoms with E-state index in [1.807, 2.05) is 18.2 Å². The minimum absolute atomic E-state index is 0. The Morgan fingerprint density at radius 1 is 1.14 bits per heavy atom. The second-order valence-electron chi connectivity index (χ2n) is 8.40. The third-order valence-corrected chi connectivity index (χ3v) is 6.09. The van der Waals surface area contributed by atoms with Crippen LogP contribution < -0.4 is 10.6 Å². The Morgan fingerprint density at radius 2 is 1.90 bits per heavy atom. The molecule has 0 unspecified atom stereocenters. The standard InChI is InChI=1S/C23H38N4O.HI/c1-2-24-23(25-14-11-19-9-6-10-22(28)17-19)26-21-12-15-27(16-13-21)18-20-7-4-3-5-8-20;/h6,9-10,17,20-21,28H,2-5,7-8,11-16,18H2,1H3,(H2,24,25,26);1H. The first-order valence-electron chi connectivity index (χ1n) is 11.3. The first-order chi connectivity index (χ1) is 13.7. The highest BCUT2D eigenvalue weighted by atomic mass is 127. The maximum absolute atomic E-state index is 9.58. The van der Waals surface area contributed by atoms with Gasteiger partial charge in [0.05, 0.1) is 0 Å². The number of halogens is 1. The number of nitrogens with one attached hydrogen (secondary N) is 2. The van der Waals surface area contributed by atoms with Gasteiger partial charge >= 0.3 is 0 Å². The lowest BCUT2D eigenvalue weighted by Gasteiger charge is -2.36. The molecule has 1 aliphatic carbocycles. The van der Waals surface area contributed by atoms with Crippen LogP contribution >= 0.6 is 24.0 Å². The van der Waals surface area contributed by atoms with Gasteiger partial charge in [-0.2, -0.15) is 0 Å². The minimum Gasteiger partial charge on any atom is -0.508 e. The summed E-state index contributed by atoms with van der Waals surface area (Å²) in [6.45, 7) is 7.43. The maximum Gasteiger partial charge on any atom is 0.191 e. The molecule has 3 rings (SSSR count). The lowest BCUT2D eigenvalue weighted by atomic mass is 9.88. The zero-order valence-electron chi connectivity index (χ0n) is 17.9. The number of rotatable bonds is 7. The Labute approximate surface area is 193 Å². The molecule has 1 aromatic carbocycles. The van der Waals surface area contributed by atoms with Crippen molar-refractivity contribution in [1.82, 2.24) is 15.5 Å². The number of hydrogen-bond donors (Lipinski definition) is 3. The van der Waals surface area contributed by atoms with Crippen molar-refractivity contribution >= 4 is 29.9 Å². The van der Waals surface area contributed by atoms with Crippen LogP contribution in [-0.2, 0) is 6.42 Å². The number of hydrogen-bond acceptors (Lipinski definition) is 3. The number of aromatic hydroxyl groups is 1. The van der Waals surface area contributed by atoms with Gasteiger partial charge in [-0.1, -0.05) is 31.4 Å². The zero-order valence-corrected chi connectivity index (χ0v) is 20.2. The van der Waals surface area contributed by atoms with Crippen LogP contribution in [0.5, 0.6) is 5.75 Å². The van der Waals surface area contributed by atoms with Crippen LogP contribution in [0.2, 0.25) is 0 Å². The average Bonchev–Trinajstić information content (AvgIpc) is 2.70. The second-order valence-corrected chi connectivity index (χ2v) is 8.40. The Hall–Kier alpha value is -1.02. The number of aliphatic imine (C=N–C) groups is 1. The fourth-order valence-electron chi connectivity index (χ4n) is 4.52. The first-order valence-corrected chi connectivity index (χ1v) is 11.3. The molecule has 1 aliphatic heterocycles. The van der Waals surface area contributed by atoms with E-state index in [0.717, 1.165) is 37.0 Å². The first kappa shape index (κ1) is 24.3. The molecule has 0 amide bonds. The highest BCUT2D eigenvalue weighted by molar-refractivity contribution is 14.0. The van der Waals surface area contributed by atoms with Crippen LogP contribution in [0.3, 0.4) is 0 Å². The Balaban J connectivity index is 0.00000300. The van der Waals surface area contributed by atoms with Gasteiger partial charge in [0, 0.05) is 38.8 Å². The number of piperidine rings is 1. The molecule has 3 N–H and O–H groups in total. The summed E-state index contributed by atoms with van der Waals surface area (Å²) in [6.07, 6.45) is 10.4. The topological polar surface area (TPSA) is 59.9 Å². The third-order valence-electron chi connectivity index (χ3n) is 6.09. The van der Waals surface area contributed by atoms with E-state index < -0.39 is 0 Å². The van der Waals surface area contributed by atoms with Gasteiger partial charge in [0.25, 0.3) is 0 Å². The van der Waals surface area contributed by atoms with E-state index in [4.69, 9.17) is 4.99 Å². The van der Waals surface area contributed by atoms with Gasteiger partial charge in [-0.3, -0.25) is 4.99 Å². The molecule has 1 aromatic rings. The summed E-state index contributed by atoms with van der Waals surface area (Å²) in [4.78, 5) is 7.42. The highest BCUT2D eigenvalue weighted by Crippen LogP contribution is 2.25. The van der Waals surface area contributed by atoms with E-state index in [0.29, 0.717) is 11.8 Å². The fraction of sp³-hybridized carbons (Fsp3) is 0.696. The number of benzene rings is 1. The van der Waals surface area contributed by atoms with Gasteiger partial charge in [0.15, 0.2) is 5.96 Å². The lowest BCUT2D eigenvalue weighted by Crippen LogP contribution is -2.49. The van der Waals surface area contributed by atoms with Crippen molar-refractivity contribution < 1.29 is 5.11 Å². The van der Waals surface area contributed by atoms with E-state index in [1.165, 1.54) is 64.6 Å². The van der Waals surface area contributed by atoms with E-state index in [1.54, 1.807) is 6.07 Å². The zero-order chi connectivity index (χ0) is 19.6. The van der Waals surface area contributed by atoms with Crippen LogP contribution in [0.15, 0.2) is 29.3 Å². The monoisotopic (exact) mass is 514 g/mol. The molecule has 5 nitrogen and oxygen atoms in total. The summed E-state index contributed by atoms with van der Waals surface area (Å²) >= 11 is 0. The summed E-state index contributed by atoms with van der Waals surface area (Å²) in [5.74, 6) is 2.19. The predicted molar refractivity (Wildman–Crippen MR) is 132 cm³/mol. The van der Waals surface area contributed by atoms with Gasteiger partial charge in [0.1, 0.15) is 5.75 Å². The number of nitrogens with zero attached hydrogens (tertiary/aromatic N) is 2. The quantitative estimate of drug-likeness (QED) is 0.291. The van der Waals surface area contributed by atoms with Crippen molar-refractivity contribution in [3.05, 3.63) is 29.8 Å². The normalized spacial score (nSPS) is 19.6. The van der Waals surface area contributed by atoms with Gasteiger partial charge in [-0.25, -0.2) is 0 Å². The molecule has 0 spiro atoms. The molecule has 6 heteroatoms. The smallest absolute Gasteiger partial charge is 0.191 e. The minimum atomic E-state index is 0.